The van der Waals surface area contributed by atoms with Crippen LogP contribution in [-0.2, 0) is 0 Å². The first-order valence-electron chi connectivity index (χ1n) is 4.95. The molecule has 0 bridgehead atoms. The number of amides is 1. The van der Waals surface area contributed by atoms with Gasteiger partial charge in [0.05, 0.1) is 11.3 Å². The highest BCUT2D eigenvalue weighted by molar-refractivity contribution is 9.10. The van der Waals surface area contributed by atoms with Crippen LogP contribution in [0.3, 0.4) is 0 Å². The molecular weight excluding hydrogens is 367 g/mol. The third-order valence-electron chi connectivity index (χ3n) is 2.18. The SMILES string of the molecule is O=C(Nc1cccnc1Br)c1ccc(Br)cc1F. The molecule has 0 atom stereocenters. The number of hydrogen-bond donors (Lipinski definition) is 1. The lowest BCUT2D eigenvalue weighted by Gasteiger charge is -2.07. The van der Waals surface area contributed by atoms with Gasteiger partial charge in [0.1, 0.15) is 10.4 Å². The number of anilines is 1. The number of halogens is 3. The van der Waals surface area contributed by atoms with Crippen molar-refractivity contribution in [2.75, 3.05) is 5.32 Å². The molecule has 0 radical (unpaired) electrons. The monoisotopic (exact) mass is 372 g/mol. The van der Waals surface area contributed by atoms with Crippen molar-refractivity contribution in [3.05, 3.63) is 57.0 Å². The van der Waals surface area contributed by atoms with Crippen LogP contribution in [0.4, 0.5) is 10.1 Å². The number of nitrogens with one attached hydrogen (secondary N) is 1. The number of pyridine rings is 1. The van der Waals surface area contributed by atoms with E-state index in [1.807, 2.05) is 0 Å². The number of aromatic nitrogens is 1. The summed E-state index contributed by atoms with van der Waals surface area (Å²) in [6, 6.07) is 7.62. The summed E-state index contributed by atoms with van der Waals surface area (Å²) >= 11 is 6.34. The van der Waals surface area contributed by atoms with Gasteiger partial charge in [-0.15, -0.1) is 0 Å². The van der Waals surface area contributed by atoms with E-state index in [0.29, 0.717) is 14.8 Å². The summed E-state index contributed by atoms with van der Waals surface area (Å²) in [5.74, 6) is -1.10. The van der Waals surface area contributed by atoms with Gasteiger partial charge in [-0.25, -0.2) is 9.37 Å². The fourth-order valence-corrected chi connectivity index (χ4v) is 2.03. The smallest absolute Gasteiger partial charge is 0.258 e. The van der Waals surface area contributed by atoms with E-state index in [1.165, 1.54) is 12.1 Å². The van der Waals surface area contributed by atoms with Gasteiger partial charge in [-0.2, -0.15) is 0 Å². The number of carbonyl (C=O) groups excluding carboxylic acids is 1. The summed E-state index contributed by atoms with van der Waals surface area (Å²) in [5, 5.41) is 2.58. The summed E-state index contributed by atoms with van der Waals surface area (Å²) in [4.78, 5) is 15.8. The van der Waals surface area contributed by atoms with Crippen molar-refractivity contribution in [2.45, 2.75) is 0 Å². The van der Waals surface area contributed by atoms with E-state index in [2.05, 4.69) is 42.2 Å². The van der Waals surface area contributed by atoms with Gasteiger partial charge in [-0.3, -0.25) is 4.79 Å². The van der Waals surface area contributed by atoms with E-state index in [0.717, 1.165) is 0 Å². The first-order chi connectivity index (χ1) is 8.58. The lowest BCUT2D eigenvalue weighted by atomic mass is 10.2. The normalized spacial score (nSPS) is 10.2. The average molecular weight is 374 g/mol. The zero-order valence-electron chi connectivity index (χ0n) is 8.95. The van der Waals surface area contributed by atoms with Crippen molar-refractivity contribution in [1.29, 1.82) is 0 Å². The van der Waals surface area contributed by atoms with E-state index >= 15 is 0 Å². The molecule has 0 aliphatic heterocycles. The third-order valence-corrected chi connectivity index (χ3v) is 3.31. The second kappa shape index (κ2) is 5.58. The van der Waals surface area contributed by atoms with Crippen molar-refractivity contribution >= 4 is 43.5 Å². The van der Waals surface area contributed by atoms with Gasteiger partial charge in [0.2, 0.25) is 0 Å². The van der Waals surface area contributed by atoms with Crippen molar-refractivity contribution in [2.24, 2.45) is 0 Å². The van der Waals surface area contributed by atoms with Gasteiger partial charge in [0, 0.05) is 10.7 Å². The van der Waals surface area contributed by atoms with Gasteiger partial charge in [-0.1, -0.05) is 15.9 Å². The quantitative estimate of drug-likeness (QED) is 0.808. The van der Waals surface area contributed by atoms with Crippen LogP contribution >= 0.6 is 31.9 Å². The van der Waals surface area contributed by atoms with Crippen molar-refractivity contribution in [1.82, 2.24) is 4.98 Å². The largest absolute Gasteiger partial charge is 0.320 e. The minimum atomic E-state index is -0.582. The molecule has 18 heavy (non-hydrogen) atoms. The summed E-state index contributed by atoms with van der Waals surface area (Å²) in [7, 11) is 0. The van der Waals surface area contributed by atoms with Crippen LogP contribution in [0.2, 0.25) is 0 Å². The van der Waals surface area contributed by atoms with Crippen LogP contribution < -0.4 is 5.32 Å². The van der Waals surface area contributed by atoms with E-state index in [-0.39, 0.29) is 5.56 Å². The number of hydrogen-bond acceptors (Lipinski definition) is 2. The summed E-state index contributed by atoms with van der Waals surface area (Å²) in [6.07, 6.45) is 1.58. The molecule has 0 fully saturated rings. The highest BCUT2D eigenvalue weighted by Gasteiger charge is 2.13. The van der Waals surface area contributed by atoms with Gasteiger partial charge in [-0.05, 0) is 46.3 Å². The van der Waals surface area contributed by atoms with E-state index in [4.69, 9.17) is 0 Å². The van der Waals surface area contributed by atoms with Gasteiger partial charge < -0.3 is 5.32 Å². The van der Waals surface area contributed by atoms with Crippen LogP contribution in [0.25, 0.3) is 0 Å². The van der Waals surface area contributed by atoms with Gasteiger partial charge in [0.15, 0.2) is 0 Å². The Morgan fingerprint density at radius 1 is 1.28 bits per heavy atom. The maximum absolute atomic E-state index is 13.6. The first-order valence-corrected chi connectivity index (χ1v) is 6.53. The minimum absolute atomic E-state index is 0.0195. The molecule has 0 unspecified atom stereocenters. The molecule has 2 rings (SSSR count). The molecule has 1 amide bonds. The molecule has 0 saturated carbocycles. The predicted molar refractivity (Wildman–Crippen MR) is 74.0 cm³/mol. The fourth-order valence-electron chi connectivity index (χ4n) is 1.34. The summed E-state index contributed by atoms with van der Waals surface area (Å²) < 4.78 is 14.7. The Morgan fingerprint density at radius 2 is 2.06 bits per heavy atom. The molecule has 1 N–H and O–H groups in total. The Labute approximate surface area is 120 Å². The van der Waals surface area contributed by atoms with E-state index < -0.39 is 11.7 Å². The zero-order chi connectivity index (χ0) is 13.1. The highest BCUT2D eigenvalue weighted by atomic mass is 79.9. The van der Waals surface area contributed by atoms with E-state index in [1.54, 1.807) is 24.4 Å². The molecule has 1 aromatic carbocycles. The van der Waals surface area contributed by atoms with Crippen LogP contribution in [0, 0.1) is 5.82 Å². The highest BCUT2D eigenvalue weighted by Crippen LogP contribution is 2.21. The molecule has 92 valence electrons. The number of benzene rings is 1. The van der Waals surface area contributed by atoms with E-state index in [9.17, 15) is 9.18 Å². The lowest BCUT2D eigenvalue weighted by Crippen LogP contribution is -2.14. The Balaban J connectivity index is 2.25. The standard InChI is InChI=1S/C12H7Br2FN2O/c13-7-3-4-8(9(15)6-7)12(18)17-10-2-1-5-16-11(10)14/h1-6H,(H,17,18). The molecular formula is C12H7Br2FN2O. The predicted octanol–water partition coefficient (Wildman–Crippen LogP) is 4.00. The molecule has 2 aromatic rings. The average Bonchev–Trinajstić information content (AvgIpc) is 2.32. The van der Waals surface area contributed by atoms with Gasteiger partial charge in [0.25, 0.3) is 5.91 Å². The molecule has 3 nitrogen and oxygen atoms in total. The van der Waals surface area contributed by atoms with Crippen LogP contribution in [0.15, 0.2) is 45.6 Å². The topological polar surface area (TPSA) is 42.0 Å². The van der Waals surface area contributed by atoms with Crippen LogP contribution in [0.1, 0.15) is 10.4 Å². The molecule has 0 saturated heterocycles. The maximum atomic E-state index is 13.6. The van der Waals surface area contributed by atoms with Crippen molar-refractivity contribution in [3.63, 3.8) is 0 Å². The summed E-state index contributed by atoms with van der Waals surface area (Å²) in [5.41, 5.74) is 0.471. The van der Waals surface area contributed by atoms with Crippen molar-refractivity contribution < 1.29 is 9.18 Å². The zero-order valence-corrected chi connectivity index (χ0v) is 12.1. The Kier molecular flexibility index (Phi) is 4.08. The first kappa shape index (κ1) is 13.2. The van der Waals surface area contributed by atoms with Crippen molar-refractivity contribution in [3.8, 4) is 0 Å². The number of carbonyl (C=O) groups is 1. The fraction of sp³-hybridized carbons (Fsp3) is 0. The Bertz CT molecular complexity index is 604. The molecule has 1 aromatic heterocycles. The Hall–Kier alpha value is -1.27. The molecule has 0 spiro atoms. The lowest BCUT2D eigenvalue weighted by molar-refractivity contribution is 0.102. The summed E-state index contributed by atoms with van der Waals surface area (Å²) in [6.45, 7) is 0. The molecule has 1 heterocycles. The molecule has 0 aliphatic rings. The molecule has 0 aliphatic carbocycles. The second-order valence-electron chi connectivity index (χ2n) is 3.42. The minimum Gasteiger partial charge on any atom is -0.320 e. The Morgan fingerprint density at radius 3 is 2.72 bits per heavy atom. The third kappa shape index (κ3) is 2.94. The van der Waals surface area contributed by atoms with Crippen LogP contribution in [-0.4, -0.2) is 10.9 Å². The molecule has 6 heteroatoms. The number of rotatable bonds is 2. The number of nitrogens with zero attached hydrogens (tertiary/aromatic N) is 1. The maximum Gasteiger partial charge on any atom is 0.258 e. The van der Waals surface area contributed by atoms with Gasteiger partial charge >= 0.3 is 0 Å². The van der Waals surface area contributed by atoms with Crippen LogP contribution in [0.5, 0.6) is 0 Å². The second-order valence-corrected chi connectivity index (χ2v) is 5.09.